The fourth-order valence-corrected chi connectivity index (χ4v) is 3.05. The summed E-state index contributed by atoms with van der Waals surface area (Å²) in [7, 11) is 1.61. The molecule has 0 fully saturated rings. The van der Waals surface area contributed by atoms with Crippen molar-refractivity contribution >= 4 is 12.1 Å². The molecule has 7 heteroatoms. The molecule has 1 aromatic rings. The number of nitrogens with zero attached hydrogens (tertiary/aromatic N) is 1. The Labute approximate surface area is 178 Å². The van der Waals surface area contributed by atoms with Crippen LogP contribution in [0.5, 0.6) is 5.75 Å². The van der Waals surface area contributed by atoms with Crippen molar-refractivity contribution in [2.24, 2.45) is 0 Å². The molecule has 1 aliphatic heterocycles. The van der Waals surface area contributed by atoms with Crippen molar-refractivity contribution < 1.29 is 28.5 Å². The zero-order chi connectivity index (χ0) is 22.3. The first-order valence-electron chi connectivity index (χ1n) is 9.98. The van der Waals surface area contributed by atoms with Crippen LogP contribution in [0.4, 0.5) is 4.79 Å². The van der Waals surface area contributed by atoms with Crippen LogP contribution in [0.15, 0.2) is 47.8 Å². The van der Waals surface area contributed by atoms with Crippen LogP contribution in [0.3, 0.4) is 0 Å². The summed E-state index contributed by atoms with van der Waals surface area (Å²) in [5, 5.41) is 0. The molecule has 0 unspecified atom stereocenters. The summed E-state index contributed by atoms with van der Waals surface area (Å²) in [6, 6.07) is 7.50. The highest BCUT2D eigenvalue weighted by molar-refractivity contribution is 5.93. The van der Waals surface area contributed by atoms with Gasteiger partial charge in [0, 0.05) is 24.9 Å². The van der Waals surface area contributed by atoms with Crippen LogP contribution in [0.25, 0.3) is 0 Å². The molecule has 0 aromatic heterocycles. The van der Waals surface area contributed by atoms with Gasteiger partial charge in [-0.3, -0.25) is 4.90 Å². The van der Waals surface area contributed by atoms with Gasteiger partial charge in [-0.05, 0) is 52.3 Å². The second kappa shape index (κ2) is 10.3. The lowest BCUT2D eigenvalue weighted by Crippen LogP contribution is -2.36. The molecular formula is C23H31NO6. The van der Waals surface area contributed by atoms with Crippen molar-refractivity contribution in [3.8, 4) is 5.75 Å². The minimum absolute atomic E-state index is 0.235. The molecule has 30 heavy (non-hydrogen) atoms. The Balaban J connectivity index is 2.38. The molecule has 0 spiro atoms. The van der Waals surface area contributed by atoms with E-state index >= 15 is 0 Å². The summed E-state index contributed by atoms with van der Waals surface area (Å²) in [4.78, 5) is 26.8. The number of methoxy groups -OCH3 is 1. The van der Waals surface area contributed by atoms with Crippen LogP contribution >= 0.6 is 0 Å². The van der Waals surface area contributed by atoms with Gasteiger partial charge in [-0.2, -0.15) is 0 Å². The zero-order valence-electron chi connectivity index (χ0n) is 18.6. The number of carbonyl (C=O) groups excluding carboxylic acids is 2. The molecule has 0 saturated carbocycles. The van der Waals surface area contributed by atoms with Gasteiger partial charge in [0.2, 0.25) is 0 Å². The lowest BCUT2D eigenvalue weighted by atomic mass is 9.87. The quantitative estimate of drug-likeness (QED) is 0.484. The number of carbonyl (C=O) groups is 2. The van der Waals surface area contributed by atoms with Gasteiger partial charge in [0.15, 0.2) is 0 Å². The summed E-state index contributed by atoms with van der Waals surface area (Å²) >= 11 is 0. The summed E-state index contributed by atoms with van der Waals surface area (Å²) < 4.78 is 21.5. The Morgan fingerprint density at radius 1 is 1.17 bits per heavy atom. The van der Waals surface area contributed by atoms with E-state index in [9.17, 15) is 9.59 Å². The predicted octanol–water partition coefficient (Wildman–Crippen LogP) is 4.40. The summed E-state index contributed by atoms with van der Waals surface area (Å²) in [5.41, 5.74) is 1.06. The normalized spacial score (nSPS) is 16.5. The standard InChI is InChI=1S/C23H31NO6/c1-7-28-21(25)20-16(2)24(22(26)30-23(3,4)5)12-11-19(20)17-9-8-10-18(15-17)29-14-13-27-6/h8-12,15,19H,7,13-14H2,1-6H3/t19-/m0/s1. The molecule has 0 aliphatic carbocycles. The third-order valence-corrected chi connectivity index (χ3v) is 4.35. The van der Waals surface area contributed by atoms with E-state index in [1.54, 1.807) is 54.0 Å². The Hall–Kier alpha value is -2.80. The van der Waals surface area contributed by atoms with Crippen LogP contribution in [-0.4, -0.2) is 49.5 Å². The lowest BCUT2D eigenvalue weighted by Gasteiger charge is -2.31. The SMILES string of the molecule is CCOC(=O)C1=C(C)N(C(=O)OC(C)(C)C)C=C[C@H]1c1cccc(OCCOC)c1. The van der Waals surface area contributed by atoms with E-state index in [0.717, 1.165) is 5.56 Å². The van der Waals surface area contributed by atoms with Gasteiger partial charge in [-0.1, -0.05) is 18.2 Å². The highest BCUT2D eigenvalue weighted by Gasteiger charge is 2.33. The maximum atomic E-state index is 12.8. The Morgan fingerprint density at radius 3 is 2.53 bits per heavy atom. The fourth-order valence-electron chi connectivity index (χ4n) is 3.05. The molecule has 1 amide bonds. The molecule has 0 saturated heterocycles. The van der Waals surface area contributed by atoms with Gasteiger partial charge in [-0.15, -0.1) is 0 Å². The number of benzene rings is 1. The van der Waals surface area contributed by atoms with E-state index in [1.165, 1.54) is 4.90 Å². The van der Waals surface area contributed by atoms with Crippen molar-refractivity contribution in [3.63, 3.8) is 0 Å². The van der Waals surface area contributed by atoms with Gasteiger partial charge in [0.05, 0.1) is 18.8 Å². The van der Waals surface area contributed by atoms with Crippen LogP contribution in [0, 0.1) is 0 Å². The number of allylic oxidation sites excluding steroid dienone is 2. The average molecular weight is 418 g/mol. The number of rotatable bonds is 7. The Morgan fingerprint density at radius 2 is 1.90 bits per heavy atom. The highest BCUT2D eigenvalue weighted by atomic mass is 16.6. The van der Waals surface area contributed by atoms with E-state index in [4.69, 9.17) is 18.9 Å². The molecule has 0 N–H and O–H groups in total. The van der Waals surface area contributed by atoms with Crippen molar-refractivity contribution in [1.29, 1.82) is 0 Å². The molecule has 1 aromatic carbocycles. The van der Waals surface area contributed by atoms with Crippen LogP contribution < -0.4 is 4.74 Å². The molecule has 164 valence electrons. The van der Waals surface area contributed by atoms with E-state index in [1.807, 2.05) is 24.3 Å². The molecule has 0 bridgehead atoms. The summed E-state index contributed by atoms with van der Waals surface area (Å²) in [6.45, 7) is 9.98. The Kier molecular flexibility index (Phi) is 8.06. The first-order chi connectivity index (χ1) is 14.2. The third-order valence-electron chi connectivity index (χ3n) is 4.35. The molecule has 2 rings (SSSR count). The van der Waals surface area contributed by atoms with Gasteiger partial charge in [0.1, 0.15) is 18.0 Å². The minimum atomic E-state index is -0.653. The molecule has 0 radical (unpaired) electrons. The molecule has 1 aliphatic rings. The predicted molar refractivity (Wildman–Crippen MR) is 113 cm³/mol. The number of amides is 1. The maximum Gasteiger partial charge on any atom is 0.418 e. The molecule has 1 heterocycles. The monoisotopic (exact) mass is 417 g/mol. The second-order valence-electron chi connectivity index (χ2n) is 7.80. The molecule has 1 atom stereocenters. The van der Waals surface area contributed by atoms with E-state index in [0.29, 0.717) is 30.2 Å². The Bertz CT molecular complexity index is 821. The van der Waals surface area contributed by atoms with Gasteiger partial charge < -0.3 is 18.9 Å². The average Bonchev–Trinajstić information content (AvgIpc) is 2.66. The second-order valence-corrected chi connectivity index (χ2v) is 7.80. The number of hydrogen-bond donors (Lipinski definition) is 0. The topological polar surface area (TPSA) is 74.3 Å². The first-order valence-corrected chi connectivity index (χ1v) is 9.98. The summed E-state index contributed by atoms with van der Waals surface area (Å²) in [6.07, 6.45) is 2.88. The lowest BCUT2D eigenvalue weighted by molar-refractivity contribution is -0.138. The first kappa shape index (κ1) is 23.5. The molecular weight excluding hydrogens is 386 g/mol. The van der Waals surface area contributed by atoms with Gasteiger partial charge in [-0.25, -0.2) is 9.59 Å². The van der Waals surface area contributed by atoms with E-state index in [2.05, 4.69) is 0 Å². The van der Waals surface area contributed by atoms with Gasteiger partial charge in [0.25, 0.3) is 0 Å². The van der Waals surface area contributed by atoms with E-state index in [-0.39, 0.29) is 12.5 Å². The fraction of sp³-hybridized carbons (Fsp3) is 0.478. The van der Waals surface area contributed by atoms with Crippen molar-refractivity contribution in [3.05, 3.63) is 53.4 Å². The smallest absolute Gasteiger partial charge is 0.418 e. The van der Waals surface area contributed by atoms with Crippen LogP contribution in [0.1, 0.15) is 46.1 Å². The van der Waals surface area contributed by atoms with Crippen molar-refractivity contribution in [2.75, 3.05) is 26.9 Å². The van der Waals surface area contributed by atoms with Crippen molar-refractivity contribution in [1.82, 2.24) is 4.90 Å². The van der Waals surface area contributed by atoms with Crippen molar-refractivity contribution in [2.45, 2.75) is 46.1 Å². The van der Waals surface area contributed by atoms with Gasteiger partial charge >= 0.3 is 12.1 Å². The number of hydrogen-bond acceptors (Lipinski definition) is 6. The summed E-state index contributed by atoms with van der Waals surface area (Å²) in [5.74, 6) is -0.175. The maximum absolute atomic E-state index is 12.8. The molecule has 7 nitrogen and oxygen atoms in total. The highest BCUT2D eigenvalue weighted by Crippen LogP contribution is 2.36. The van der Waals surface area contributed by atoms with E-state index < -0.39 is 17.7 Å². The van der Waals surface area contributed by atoms with Crippen LogP contribution in [-0.2, 0) is 19.0 Å². The number of esters is 1. The number of ether oxygens (including phenoxy) is 4. The van der Waals surface area contributed by atoms with Crippen LogP contribution in [0.2, 0.25) is 0 Å². The zero-order valence-corrected chi connectivity index (χ0v) is 18.6. The largest absolute Gasteiger partial charge is 0.491 e. The third kappa shape index (κ3) is 6.10. The minimum Gasteiger partial charge on any atom is -0.491 e.